The summed E-state index contributed by atoms with van der Waals surface area (Å²) < 4.78 is 0. The van der Waals surface area contributed by atoms with Crippen molar-refractivity contribution in [2.75, 3.05) is 0 Å². The molecule has 0 aliphatic rings. The quantitative estimate of drug-likeness (QED) is 0.900. The van der Waals surface area contributed by atoms with Gasteiger partial charge in [0, 0.05) is 6.42 Å². The molecule has 0 aromatic heterocycles. The molecule has 2 rings (SSSR count). The molecule has 1 atom stereocenters. The van der Waals surface area contributed by atoms with Crippen molar-refractivity contribution in [3.63, 3.8) is 0 Å². The molecule has 2 N–H and O–H groups in total. The van der Waals surface area contributed by atoms with Crippen LogP contribution in [0.5, 0.6) is 0 Å². The second kappa shape index (κ2) is 5.99. The van der Waals surface area contributed by atoms with E-state index in [1.165, 1.54) is 0 Å². The Labute approximate surface area is 113 Å². The number of hydrogen-bond donors (Lipinski definition) is 1. The van der Waals surface area contributed by atoms with Gasteiger partial charge in [-0.15, -0.1) is 0 Å². The van der Waals surface area contributed by atoms with Crippen molar-refractivity contribution in [1.29, 1.82) is 5.26 Å². The molecule has 0 radical (unpaired) electrons. The van der Waals surface area contributed by atoms with Crippen LogP contribution in [-0.2, 0) is 5.54 Å². The molecule has 0 heterocycles. The summed E-state index contributed by atoms with van der Waals surface area (Å²) in [6, 6.07) is 21.7. The summed E-state index contributed by atoms with van der Waals surface area (Å²) in [5, 5.41) is 9.33. The number of hydrogen-bond acceptors (Lipinski definition) is 2. The van der Waals surface area contributed by atoms with Crippen molar-refractivity contribution in [2.24, 2.45) is 5.73 Å². The third-order valence-electron chi connectivity index (χ3n) is 3.04. The molecule has 0 aliphatic carbocycles. The van der Waals surface area contributed by atoms with Crippen LogP contribution >= 0.6 is 0 Å². The van der Waals surface area contributed by atoms with Crippen molar-refractivity contribution >= 4 is 6.08 Å². The Kier molecular flexibility index (Phi) is 4.12. The van der Waals surface area contributed by atoms with E-state index in [2.05, 4.69) is 6.07 Å². The van der Waals surface area contributed by atoms with Crippen molar-refractivity contribution in [3.8, 4) is 6.07 Å². The summed E-state index contributed by atoms with van der Waals surface area (Å²) in [6.45, 7) is 0. The topological polar surface area (TPSA) is 49.8 Å². The van der Waals surface area contributed by atoms with Crippen LogP contribution in [0.15, 0.2) is 66.7 Å². The van der Waals surface area contributed by atoms with E-state index >= 15 is 0 Å². The van der Waals surface area contributed by atoms with E-state index in [1.807, 2.05) is 72.8 Å². The van der Waals surface area contributed by atoms with Crippen molar-refractivity contribution in [1.82, 2.24) is 0 Å². The highest BCUT2D eigenvalue weighted by atomic mass is 14.7. The highest BCUT2D eigenvalue weighted by molar-refractivity contribution is 5.49. The van der Waals surface area contributed by atoms with Gasteiger partial charge < -0.3 is 5.73 Å². The minimum atomic E-state index is -0.966. The average molecular weight is 248 g/mol. The van der Waals surface area contributed by atoms with Crippen molar-refractivity contribution < 1.29 is 0 Å². The van der Waals surface area contributed by atoms with Crippen LogP contribution in [0.3, 0.4) is 0 Å². The van der Waals surface area contributed by atoms with Crippen LogP contribution in [0.2, 0.25) is 0 Å². The van der Waals surface area contributed by atoms with Crippen LogP contribution < -0.4 is 5.73 Å². The lowest BCUT2D eigenvalue weighted by Crippen LogP contribution is -2.34. The third-order valence-corrected chi connectivity index (χ3v) is 3.04. The molecule has 0 amide bonds. The van der Waals surface area contributed by atoms with Crippen LogP contribution in [-0.4, -0.2) is 0 Å². The Morgan fingerprint density at radius 2 is 1.58 bits per heavy atom. The molecule has 1 unspecified atom stereocenters. The first-order chi connectivity index (χ1) is 9.24. The van der Waals surface area contributed by atoms with Crippen LogP contribution in [0, 0.1) is 11.3 Å². The average Bonchev–Trinajstić information content (AvgIpc) is 2.49. The molecular formula is C17H16N2. The molecule has 2 aromatic rings. The lowest BCUT2D eigenvalue weighted by Gasteiger charge is -2.20. The maximum atomic E-state index is 9.33. The minimum Gasteiger partial charge on any atom is -0.309 e. The van der Waals surface area contributed by atoms with Crippen molar-refractivity contribution in [3.05, 3.63) is 77.9 Å². The zero-order chi connectivity index (χ0) is 13.6. The van der Waals surface area contributed by atoms with Crippen LogP contribution in [0.25, 0.3) is 6.08 Å². The predicted molar refractivity (Wildman–Crippen MR) is 78.0 cm³/mol. The van der Waals surface area contributed by atoms with E-state index in [1.54, 1.807) is 0 Å². The number of rotatable bonds is 4. The SMILES string of the molecule is N#CC(N)(CC=Cc1ccccc1)c1ccccc1. The molecule has 94 valence electrons. The second-order valence-corrected chi connectivity index (χ2v) is 4.47. The van der Waals surface area contributed by atoms with Gasteiger partial charge in [-0.05, 0) is 11.1 Å². The zero-order valence-electron chi connectivity index (χ0n) is 10.7. The molecular weight excluding hydrogens is 232 g/mol. The fourth-order valence-electron chi connectivity index (χ4n) is 1.91. The maximum Gasteiger partial charge on any atom is 0.133 e. The summed E-state index contributed by atoms with van der Waals surface area (Å²) in [5.41, 5.74) is 7.15. The molecule has 0 spiro atoms. The van der Waals surface area contributed by atoms with Gasteiger partial charge in [-0.3, -0.25) is 0 Å². The molecule has 0 saturated heterocycles. The van der Waals surface area contributed by atoms with Gasteiger partial charge in [0.1, 0.15) is 5.54 Å². The Morgan fingerprint density at radius 3 is 2.16 bits per heavy atom. The first-order valence-electron chi connectivity index (χ1n) is 6.22. The fraction of sp³-hybridized carbons (Fsp3) is 0.118. The van der Waals surface area contributed by atoms with Gasteiger partial charge in [-0.1, -0.05) is 72.8 Å². The minimum absolute atomic E-state index is 0.488. The Morgan fingerprint density at radius 1 is 1.00 bits per heavy atom. The summed E-state index contributed by atoms with van der Waals surface area (Å²) in [4.78, 5) is 0. The largest absolute Gasteiger partial charge is 0.309 e. The lowest BCUT2D eigenvalue weighted by atomic mass is 9.89. The van der Waals surface area contributed by atoms with E-state index in [0.29, 0.717) is 6.42 Å². The maximum absolute atomic E-state index is 9.33. The number of nitrogens with two attached hydrogens (primary N) is 1. The standard InChI is InChI=1S/C17H16N2/c18-14-17(19,16-11-5-2-6-12-16)13-7-10-15-8-3-1-4-9-15/h1-12H,13,19H2. The number of nitrogens with zero attached hydrogens (tertiary/aromatic N) is 1. The Bertz CT molecular complexity index is 582. The van der Waals surface area contributed by atoms with Gasteiger partial charge in [0.15, 0.2) is 0 Å². The summed E-state index contributed by atoms with van der Waals surface area (Å²) in [7, 11) is 0. The molecule has 0 fully saturated rings. The molecule has 0 saturated carbocycles. The van der Waals surface area contributed by atoms with Gasteiger partial charge >= 0.3 is 0 Å². The molecule has 2 nitrogen and oxygen atoms in total. The van der Waals surface area contributed by atoms with E-state index in [0.717, 1.165) is 11.1 Å². The zero-order valence-corrected chi connectivity index (χ0v) is 10.7. The highest BCUT2D eigenvalue weighted by Gasteiger charge is 2.25. The van der Waals surface area contributed by atoms with Gasteiger partial charge in [-0.2, -0.15) is 5.26 Å². The van der Waals surface area contributed by atoms with E-state index in [-0.39, 0.29) is 0 Å². The van der Waals surface area contributed by atoms with Gasteiger partial charge in [0.05, 0.1) is 6.07 Å². The Hall–Kier alpha value is -2.37. The summed E-state index contributed by atoms with van der Waals surface area (Å²) >= 11 is 0. The van der Waals surface area contributed by atoms with E-state index < -0.39 is 5.54 Å². The monoisotopic (exact) mass is 248 g/mol. The van der Waals surface area contributed by atoms with Gasteiger partial charge in [-0.25, -0.2) is 0 Å². The summed E-state index contributed by atoms with van der Waals surface area (Å²) in [6.07, 6.45) is 4.43. The van der Waals surface area contributed by atoms with Gasteiger partial charge in [0.25, 0.3) is 0 Å². The van der Waals surface area contributed by atoms with Crippen LogP contribution in [0.1, 0.15) is 17.5 Å². The first kappa shape index (κ1) is 13.1. The third kappa shape index (κ3) is 3.31. The smallest absolute Gasteiger partial charge is 0.133 e. The molecule has 2 heteroatoms. The summed E-state index contributed by atoms with van der Waals surface area (Å²) in [5.74, 6) is 0. The number of nitriles is 1. The van der Waals surface area contributed by atoms with Crippen molar-refractivity contribution in [2.45, 2.75) is 12.0 Å². The molecule has 0 aliphatic heterocycles. The lowest BCUT2D eigenvalue weighted by molar-refractivity contribution is 0.587. The van der Waals surface area contributed by atoms with Crippen LogP contribution in [0.4, 0.5) is 0 Å². The van der Waals surface area contributed by atoms with E-state index in [4.69, 9.17) is 5.73 Å². The molecule has 2 aromatic carbocycles. The molecule has 19 heavy (non-hydrogen) atoms. The van der Waals surface area contributed by atoms with Gasteiger partial charge in [0.2, 0.25) is 0 Å². The first-order valence-corrected chi connectivity index (χ1v) is 6.22. The predicted octanol–water partition coefficient (Wildman–Crippen LogP) is 3.47. The Balaban J connectivity index is 2.13. The normalized spacial score (nSPS) is 13.9. The highest BCUT2D eigenvalue weighted by Crippen LogP contribution is 2.22. The fourth-order valence-corrected chi connectivity index (χ4v) is 1.91. The second-order valence-electron chi connectivity index (χ2n) is 4.47. The molecule has 0 bridgehead atoms. The number of benzene rings is 2. The van der Waals surface area contributed by atoms with E-state index in [9.17, 15) is 5.26 Å².